The van der Waals surface area contributed by atoms with Gasteiger partial charge in [0.25, 0.3) is 0 Å². The first-order chi connectivity index (χ1) is 20.6. The van der Waals surface area contributed by atoms with Gasteiger partial charge in [0.2, 0.25) is 11.7 Å². The van der Waals surface area contributed by atoms with E-state index in [-0.39, 0.29) is 48.2 Å². The van der Waals surface area contributed by atoms with Gasteiger partial charge in [0.15, 0.2) is 17.7 Å². The van der Waals surface area contributed by atoms with Crippen LogP contribution in [0.25, 0.3) is 6.08 Å². The molecule has 230 valence electrons. The molecule has 1 amide bonds. The van der Waals surface area contributed by atoms with Gasteiger partial charge in [-0.1, -0.05) is 55.8 Å². The lowest BCUT2D eigenvalue weighted by atomic mass is 9.58. The first kappa shape index (κ1) is 30.4. The summed E-state index contributed by atoms with van der Waals surface area (Å²) in [6, 6.07) is 11.1. The number of allylic oxidation sites excluding steroid dienone is 1. The number of nitrogens with one attached hydrogen (secondary N) is 1. The summed E-state index contributed by atoms with van der Waals surface area (Å²) in [4.78, 5) is 37.4. The van der Waals surface area contributed by atoms with Crippen LogP contribution in [0.1, 0.15) is 67.9 Å². The summed E-state index contributed by atoms with van der Waals surface area (Å²) in [6.07, 6.45) is 5.26. The van der Waals surface area contributed by atoms with E-state index in [9.17, 15) is 14.0 Å². The lowest BCUT2D eigenvalue weighted by molar-refractivity contribution is -0.571. The minimum Gasteiger partial charge on any atom is -0.367 e. The molecule has 7 rings (SSSR count). The molecule has 8 nitrogen and oxygen atoms in total. The van der Waals surface area contributed by atoms with Crippen molar-refractivity contribution in [1.82, 2.24) is 5.32 Å². The van der Waals surface area contributed by atoms with Gasteiger partial charge in [0.1, 0.15) is 18.7 Å². The first-order valence-electron chi connectivity index (χ1n) is 14.9. The number of carbonyl (C=O) groups excluding carboxylic acids is 2. The van der Waals surface area contributed by atoms with Crippen molar-refractivity contribution in [1.29, 1.82) is 0 Å². The minimum absolute atomic E-state index is 0.0137. The molecule has 5 fully saturated rings. The molecule has 1 N–H and O–H groups in total. The van der Waals surface area contributed by atoms with Gasteiger partial charge >= 0.3 is 0 Å². The predicted octanol–water partition coefficient (Wildman–Crippen LogP) is 6.22. The van der Waals surface area contributed by atoms with Gasteiger partial charge in [-0.15, -0.1) is 0 Å². The normalized spacial score (nSPS) is 34.9. The maximum atomic E-state index is 14.0. The third-order valence-electron chi connectivity index (χ3n) is 9.58. The summed E-state index contributed by atoms with van der Waals surface area (Å²) >= 11 is 5.78. The molecule has 0 unspecified atom stereocenters. The highest BCUT2D eigenvalue weighted by atomic mass is 35.5. The molecular formula is C33H37ClFNO7. The average Bonchev–Trinajstić information content (AvgIpc) is 3.21. The molecule has 1 saturated carbocycles. The number of ether oxygens (including phenoxy) is 3. The lowest BCUT2D eigenvalue weighted by Gasteiger charge is -2.60. The fraction of sp³-hybridized carbons (Fsp3) is 0.515. The monoisotopic (exact) mass is 613 g/mol. The van der Waals surface area contributed by atoms with Crippen LogP contribution in [-0.2, 0) is 35.4 Å². The Hall–Kier alpha value is -2.66. The van der Waals surface area contributed by atoms with E-state index in [1.807, 2.05) is 6.92 Å². The Morgan fingerprint density at radius 2 is 1.88 bits per heavy atom. The van der Waals surface area contributed by atoms with Gasteiger partial charge < -0.3 is 19.5 Å². The van der Waals surface area contributed by atoms with Gasteiger partial charge in [-0.05, 0) is 67.9 Å². The van der Waals surface area contributed by atoms with Crippen LogP contribution < -0.4 is 5.32 Å². The molecule has 1 aliphatic carbocycles. The van der Waals surface area contributed by atoms with Crippen molar-refractivity contribution >= 4 is 29.4 Å². The van der Waals surface area contributed by atoms with E-state index >= 15 is 0 Å². The van der Waals surface area contributed by atoms with Crippen molar-refractivity contribution in [2.24, 2.45) is 23.7 Å². The van der Waals surface area contributed by atoms with Gasteiger partial charge in [-0.3, -0.25) is 9.59 Å². The molecule has 4 aliphatic heterocycles. The maximum Gasteiger partial charge on any atom is 0.248 e. The summed E-state index contributed by atoms with van der Waals surface area (Å²) in [6.45, 7) is 6.26. The summed E-state index contributed by atoms with van der Waals surface area (Å²) < 4.78 is 32.4. The van der Waals surface area contributed by atoms with Crippen molar-refractivity contribution in [2.75, 3.05) is 6.61 Å². The van der Waals surface area contributed by atoms with E-state index in [0.29, 0.717) is 16.5 Å². The van der Waals surface area contributed by atoms with Crippen LogP contribution in [-0.4, -0.2) is 42.2 Å². The van der Waals surface area contributed by atoms with Gasteiger partial charge in [0, 0.05) is 34.4 Å². The van der Waals surface area contributed by atoms with Crippen molar-refractivity contribution in [3.05, 3.63) is 76.1 Å². The number of fused-ring (bicyclic) bond motifs is 2. The van der Waals surface area contributed by atoms with Crippen LogP contribution in [0.3, 0.4) is 0 Å². The van der Waals surface area contributed by atoms with Crippen LogP contribution in [0.15, 0.2) is 48.5 Å². The molecule has 2 aromatic rings. The molecule has 4 saturated heterocycles. The van der Waals surface area contributed by atoms with Crippen molar-refractivity contribution in [3.63, 3.8) is 0 Å². The highest BCUT2D eigenvalue weighted by Crippen LogP contribution is 2.60. The molecule has 2 aromatic carbocycles. The predicted molar refractivity (Wildman–Crippen MR) is 156 cm³/mol. The highest BCUT2D eigenvalue weighted by molar-refractivity contribution is 6.30. The standard InChI is InChI=1S/C33H37ClFNO7/c1-19-4-12-26-20(2)30(40-31-33(26)25(19)14-15-32(3,41-31)42-43-33)36-29(38)18-39-17-21-5-7-23(8-6-21)28(37)13-10-22-9-11-24(34)16-27(22)35/h5-11,13,16,19-20,25-26,30-31H,4,12,14-15,17-18H2,1-3H3,(H,36,38)/b13-10+/t19-,20-,25+,26+,30+,31-,32-,33-/m1/s1. The Morgan fingerprint density at radius 1 is 1.09 bits per heavy atom. The molecule has 10 heteroatoms. The largest absolute Gasteiger partial charge is 0.367 e. The van der Waals surface area contributed by atoms with Crippen LogP contribution in [0.4, 0.5) is 4.39 Å². The fourth-order valence-corrected chi connectivity index (χ4v) is 7.35. The summed E-state index contributed by atoms with van der Waals surface area (Å²) in [5.41, 5.74) is 0.847. The number of halogens is 2. The molecule has 1 spiro atoms. The zero-order valence-corrected chi connectivity index (χ0v) is 25.3. The third kappa shape index (κ3) is 5.91. The first-order valence-corrected chi connectivity index (χ1v) is 15.3. The quantitative estimate of drug-likeness (QED) is 0.215. The second-order valence-electron chi connectivity index (χ2n) is 12.4. The Bertz CT molecular complexity index is 1400. The van der Waals surface area contributed by atoms with Crippen LogP contribution in [0.2, 0.25) is 5.02 Å². The van der Waals surface area contributed by atoms with Crippen LogP contribution in [0, 0.1) is 29.5 Å². The van der Waals surface area contributed by atoms with E-state index in [4.69, 9.17) is 35.6 Å². The lowest BCUT2D eigenvalue weighted by Crippen LogP contribution is -2.72. The van der Waals surface area contributed by atoms with Crippen molar-refractivity contribution in [3.8, 4) is 0 Å². The summed E-state index contributed by atoms with van der Waals surface area (Å²) in [5.74, 6) is -1.11. The van der Waals surface area contributed by atoms with Crippen LogP contribution >= 0.6 is 11.6 Å². The number of hydrogen-bond acceptors (Lipinski definition) is 7. The Kier molecular flexibility index (Phi) is 8.49. The maximum absolute atomic E-state index is 14.0. The zero-order chi connectivity index (χ0) is 30.4. The molecule has 2 bridgehead atoms. The molecule has 0 aromatic heterocycles. The molecule has 8 atom stereocenters. The second kappa shape index (κ2) is 12.0. The second-order valence-corrected chi connectivity index (χ2v) is 12.9. The summed E-state index contributed by atoms with van der Waals surface area (Å²) in [5, 5.41) is 3.29. The van der Waals surface area contributed by atoms with Gasteiger partial charge in [0.05, 0.1) is 6.61 Å². The zero-order valence-electron chi connectivity index (χ0n) is 24.5. The number of rotatable bonds is 8. The Labute approximate surface area is 255 Å². The van der Waals surface area contributed by atoms with Crippen LogP contribution in [0.5, 0.6) is 0 Å². The van der Waals surface area contributed by atoms with Gasteiger partial charge in [-0.25, -0.2) is 14.2 Å². The number of hydrogen-bond donors (Lipinski definition) is 1. The molecule has 43 heavy (non-hydrogen) atoms. The number of ketones is 1. The fourth-order valence-electron chi connectivity index (χ4n) is 7.20. The Morgan fingerprint density at radius 3 is 2.65 bits per heavy atom. The van der Waals surface area contributed by atoms with E-state index in [1.165, 1.54) is 24.3 Å². The molecule has 0 radical (unpaired) electrons. The molecule has 5 aliphatic rings. The number of benzene rings is 2. The van der Waals surface area contributed by atoms with Crippen molar-refractivity contribution in [2.45, 2.75) is 77.0 Å². The highest BCUT2D eigenvalue weighted by Gasteiger charge is 2.69. The van der Waals surface area contributed by atoms with E-state index in [0.717, 1.165) is 31.2 Å². The topological polar surface area (TPSA) is 92.3 Å². The summed E-state index contributed by atoms with van der Waals surface area (Å²) in [7, 11) is 0. The smallest absolute Gasteiger partial charge is 0.248 e. The van der Waals surface area contributed by atoms with Gasteiger partial charge in [-0.2, -0.15) is 0 Å². The SMILES string of the molecule is C[C@H]1[C@@H](NC(=O)COCc2ccc(C(=O)/C=C/c3ccc(Cl)cc3F)cc2)O[C@@H]2O[C@@]3(C)CC[C@H]4[C@H](C)CC[C@@H]1[C@@]24OO3. The average molecular weight is 614 g/mol. The third-order valence-corrected chi connectivity index (χ3v) is 9.81. The van der Waals surface area contributed by atoms with Crippen molar-refractivity contribution < 1.29 is 38.0 Å². The van der Waals surface area contributed by atoms with E-state index in [1.54, 1.807) is 30.3 Å². The minimum atomic E-state index is -0.874. The molecule has 4 heterocycles. The van der Waals surface area contributed by atoms with E-state index < -0.39 is 29.7 Å². The molecular weight excluding hydrogens is 577 g/mol. The Balaban J connectivity index is 1.02. The van der Waals surface area contributed by atoms with E-state index in [2.05, 4.69) is 19.2 Å². The number of amides is 1. The number of carbonyl (C=O) groups is 2.